The summed E-state index contributed by atoms with van der Waals surface area (Å²) in [5, 5.41) is 10.3. The number of unbranched alkanes of at least 4 members (excludes halogenated alkanes) is 3. The number of Topliss-reactive ketones (excluding diaryl/α,β-unsaturated/α-hetero) is 1. The fourth-order valence-electron chi connectivity index (χ4n) is 3.30. The number of carbonyl (C=O) groups excluding carboxylic acids is 1. The number of hydrogen-bond acceptors (Lipinski definition) is 3. The van der Waals surface area contributed by atoms with E-state index in [9.17, 15) is 9.90 Å². The van der Waals surface area contributed by atoms with Crippen molar-refractivity contribution in [2.24, 2.45) is 0 Å². The largest absolute Gasteiger partial charge is 0.507 e. The molecule has 1 aromatic carbocycles. The first kappa shape index (κ1) is 17.8. The number of benzene rings is 1. The molecule has 2 rings (SSSR count). The van der Waals surface area contributed by atoms with E-state index >= 15 is 0 Å². The van der Waals surface area contributed by atoms with Crippen LogP contribution in [-0.2, 0) is 5.41 Å². The number of ether oxygens (including phenoxy) is 1. The Morgan fingerprint density at radius 3 is 2.57 bits per heavy atom. The molecule has 0 amide bonds. The summed E-state index contributed by atoms with van der Waals surface area (Å²) in [5.41, 5.74) is 0.819. The van der Waals surface area contributed by atoms with Crippen LogP contribution in [0.2, 0.25) is 0 Å². The molecule has 0 unspecified atom stereocenters. The number of hydrogen-bond donors (Lipinski definition) is 1. The van der Waals surface area contributed by atoms with Crippen LogP contribution in [0.5, 0.6) is 11.5 Å². The maximum Gasteiger partial charge on any atom is 0.174 e. The summed E-state index contributed by atoms with van der Waals surface area (Å²) >= 11 is 0. The van der Waals surface area contributed by atoms with Crippen molar-refractivity contribution in [2.75, 3.05) is 0 Å². The highest BCUT2D eigenvalue weighted by Crippen LogP contribution is 2.42. The van der Waals surface area contributed by atoms with Gasteiger partial charge in [-0.15, -0.1) is 0 Å². The van der Waals surface area contributed by atoms with Gasteiger partial charge in [0.1, 0.15) is 22.7 Å². The standard InChI is InChI=1S/C20H30O3/c1-6-7-8-9-10-19(2,3)14-11-15(21)18-16(22)13-20(4,5)23-17(18)12-14/h11-12,21H,6-10,13H2,1-5H3. The van der Waals surface area contributed by atoms with E-state index in [1.165, 1.54) is 25.7 Å². The maximum absolute atomic E-state index is 12.3. The molecule has 1 N–H and O–H groups in total. The van der Waals surface area contributed by atoms with E-state index in [0.29, 0.717) is 17.7 Å². The minimum absolute atomic E-state index is 0.0407. The molecule has 0 fully saturated rings. The van der Waals surface area contributed by atoms with E-state index in [2.05, 4.69) is 20.8 Å². The Balaban J connectivity index is 2.28. The van der Waals surface area contributed by atoms with Gasteiger partial charge in [0.2, 0.25) is 0 Å². The average molecular weight is 318 g/mol. The van der Waals surface area contributed by atoms with E-state index < -0.39 is 5.60 Å². The molecule has 0 spiro atoms. The second-order valence-electron chi connectivity index (χ2n) is 8.02. The quantitative estimate of drug-likeness (QED) is 0.716. The third-order valence-electron chi connectivity index (χ3n) is 4.77. The molecule has 0 saturated carbocycles. The molecule has 0 bridgehead atoms. The summed E-state index contributed by atoms with van der Waals surface area (Å²) in [4.78, 5) is 12.3. The van der Waals surface area contributed by atoms with Crippen LogP contribution in [0, 0.1) is 0 Å². The molecule has 0 radical (unpaired) electrons. The summed E-state index contributed by atoms with van der Waals surface area (Å²) < 4.78 is 5.97. The lowest BCUT2D eigenvalue weighted by Crippen LogP contribution is -2.36. The zero-order valence-corrected chi connectivity index (χ0v) is 15.2. The summed E-state index contributed by atoms with van der Waals surface area (Å²) in [7, 11) is 0. The summed E-state index contributed by atoms with van der Waals surface area (Å²) in [6, 6.07) is 3.70. The molecule has 1 aliphatic heterocycles. The fraction of sp³-hybridized carbons (Fsp3) is 0.650. The monoisotopic (exact) mass is 318 g/mol. The second-order valence-corrected chi connectivity index (χ2v) is 8.02. The van der Waals surface area contributed by atoms with Gasteiger partial charge < -0.3 is 9.84 Å². The van der Waals surface area contributed by atoms with E-state index in [4.69, 9.17) is 4.74 Å². The SMILES string of the molecule is CCCCCCC(C)(C)c1cc(O)c2c(c1)OC(C)(C)CC2=O. The number of ketones is 1. The molecule has 23 heavy (non-hydrogen) atoms. The molecule has 1 aromatic rings. The fourth-order valence-corrected chi connectivity index (χ4v) is 3.30. The van der Waals surface area contributed by atoms with Crippen molar-refractivity contribution in [3.63, 3.8) is 0 Å². The highest BCUT2D eigenvalue weighted by molar-refractivity contribution is 6.02. The van der Waals surface area contributed by atoms with Crippen molar-refractivity contribution in [3.8, 4) is 11.5 Å². The van der Waals surface area contributed by atoms with Gasteiger partial charge >= 0.3 is 0 Å². The Kier molecular flexibility index (Phi) is 5.07. The molecule has 1 aliphatic rings. The Bertz CT molecular complexity index is 585. The number of phenolic OH excluding ortho intramolecular Hbond substituents is 1. The molecule has 0 aromatic heterocycles. The van der Waals surface area contributed by atoms with Gasteiger partial charge in [-0.25, -0.2) is 0 Å². The first-order valence-electron chi connectivity index (χ1n) is 8.76. The third kappa shape index (κ3) is 4.07. The normalized spacial score (nSPS) is 16.8. The Labute approximate surface area is 140 Å². The summed E-state index contributed by atoms with van der Waals surface area (Å²) in [6.07, 6.45) is 6.25. The molecular formula is C20H30O3. The second kappa shape index (κ2) is 6.54. The van der Waals surface area contributed by atoms with E-state index in [0.717, 1.165) is 12.0 Å². The van der Waals surface area contributed by atoms with Crippen LogP contribution in [0.4, 0.5) is 0 Å². The zero-order valence-electron chi connectivity index (χ0n) is 15.2. The highest BCUT2D eigenvalue weighted by atomic mass is 16.5. The van der Waals surface area contributed by atoms with Gasteiger partial charge in [-0.1, -0.05) is 46.5 Å². The Hall–Kier alpha value is -1.51. The molecular weight excluding hydrogens is 288 g/mol. The van der Waals surface area contributed by atoms with Crippen LogP contribution >= 0.6 is 0 Å². The van der Waals surface area contributed by atoms with Crippen molar-refractivity contribution in [2.45, 2.75) is 84.2 Å². The van der Waals surface area contributed by atoms with Crippen molar-refractivity contribution < 1.29 is 14.6 Å². The Morgan fingerprint density at radius 1 is 1.22 bits per heavy atom. The van der Waals surface area contributed by atoms with Gasteiger partial charge in [-0.05, 0) is 43.4 Å². The van der Waals surface area contributed by atoms with Gasteiger partial charge in [-0.2, -0.15) is 0 Å². The van der Waals surface area contributed by atoms with Gasteiger partial charge in [0.15, 0.2) is 5.78 Å². The number of carbonyl (C=O) groups is 1. The topological polar surface area (TPSA) is 46.5 Å². The number of aromatic hydroxyl groups is 1. The lowest BCUT2D eigenvalue weighted by molar-refractivity contribution is 0.0613. The van der Waals surface area contributed by atoms with Crippen LogP contribution in [-0.4, -0.2) is 16.5 Å². The third-order valence-corrected chi connectivity index (χ3v) is 4.77. The lowest BCUT2D eigenvalue weighted by atomic mass is 9.78. The number of fused-ring (bicyclic) bond motifs is 1. The van der Waals surface area contributed by atoms with E-state index in [-0.39, 0.29) is 16.9 Å². The van der Waals surface area contributed by atoms with Crippen LogP contribution < -0.4 is 4.74 Å². The number of rotatable bonds is 6. The highest BCUT2D eigenvalue weighted by Gasteiger charge is 2.36. The van der Waals surface area contributed by atoms with Crippen LogP contribution in [0.3, 0.4) is 0 Å². The minimum Gasteiger partial charge on any atom is -0.507 e. The minimum atomic E-state index is -0.513. The van der Waals surface area contributed by atoms with Gasteiger partial charge in [0, 0.05) is 0 Å². The molecule has 3 nitrogen and oxygen atoms in total. The first-order valence-corrected chi connectivity index (χ1v) is 8.76. The molecule has 3 heteroatoms. The molecule has 128 valence electrons. The van der Waals surface area contributed by atoms with Gasteiger partial charge in [0.25, 0.3) is 0 Å². The zero-order chi connectivity index (χ0) is 17.3. The van der Waals surface area contributed by atoms with Crippen molar-refractivity contribution in [3.05, 3.63) is 23.3 Å². The first-order chi connectivity index (χ1) is 10.7. The number of phenols is 1. The molecule has 1 heterocycles. The van der Waals surface area contributed by atoms with Crippen LogP contribution in [0.25, 0.3) is 0 Å². The van der Waals surface area contributed by atoms with Crippen molar-refractivity contribution in [1.82, 2.24) is 0 Å². The lowest BCUT2D eigenvalue weighted by Gasteiger charge is -2.34. The van der Waals surface area contributed by atoms with Crippen LogP contribution in [0.15, 0.2) is 12.1 Å². The van der Waals surface area contributed by atoms with Crippen molar-refractivity contribution in [1.29, 1.82) is 0 Å². The van der Waals surface area contributed by atoms with Crippen molar-refractivity contribution >= 4 is 5.78 Å². The predicted molar refractivity (Wildman–Crippen MR) is 93.5 cm³/mol. The average Bonchev–Trinajstić information content (AvgIpc) is 2.41. The summed E-state index contributed by atoms with van der Waals surface area (Å²) in [5.74, 6) is 0.545. The molecule has 0 saturated heterocycles. The Morgan fingerprint density at radius 2 is 1.91 bits per heavy atom. The summed E-state index contributed by atoms with van der Waals surface area (Å²) in [6.45, 7) is 10.4. The molecule has 0 atom stereocenters. The molecule has 0 aliphatic carbocycles. The smallest absolute Gasteiger partial charge is 0.174 e. The van der Waals surface area contributed by atoms with E-state index in [1.807, 2.05) is 19.9 Å². The predicted octanol–water partition coefficient (Wildman–Crippen LogP) is 5.38. The van der Waals surface area contributed by atoms with Crippen LogP contribution in [0.1, 0.15) is 89.1 Å². The van der Waals surface area contributed by atoms with Gasteiger partial charge in [0.05, 0.1) is 6.42 Å². The van der Waals surface area contributed by atoms with Gasteiger partial charge in [-0.3, -0.25) is 4.79 Å². The van der Waals surface area contributed by atoms with E-state index in [1.54, 1.807) is 6.07 Å². The maximum atomic E-state index is 12.3.